The molecule has 2 aromatic rings. The molecular weight excluding hydrogens is 366 g/mol. The van der Waals surface area contributed by atoms with Crippen molar-refractivity contribution in [2.45, 2.75) is 45.4 Å². The summed E-state index contributed by atoms with van der Waals surface area (Å²) in [5, 5.41) is 7.61. The van der Waals surface area contributed by atoms with E-state index in [0.29, 0.717) is 17.1 Å². The summed E-state index contributed by atoms with van der Waals surface area (Å²) in [5.74, 6) is 2.29. The minimum atomic E-state index is -0.0528. The number of hydrogen-bond donors (Lipinski definition) is 1. The maximum Gasteiger partial charge on any atom is 0.255 e. The Bertz CT molecular complexity index is 820. The number of amides is 1. The number of pyridine rings is 1. The number of fused-ring (bicyclic) bond motifs is 1. The van der Waals surface area contributed by atoms with Crippen molar-refractivity contribution >= 4 is 11.6 Å². The summed E-state index contributed by atoms with van der Waals surface area (Å²) in [4.78, 5) is 20.0. The second kappa shape index (κ2) is 9.22. The number of hydrogen-bond acceptors (Lipinski definition) is 5. The van der Waals surface area contributed by atoms with Crippen molar-refractivity contribution in [1.29, 1.82) is 0 Å². The van der Waals surface area contributed by atoms with Crippen LogP contribution >= 0.6 is 0 Å². The molecule has 2 aliphatic heterocycles. The SMILES string of the molecule is CC(C)c1nc2c(C(=O)NCC3CCN(CC4CCOCC4)CC3)cccn2n1. The third-order valence-electron chi connectivity index (χ3n) is 6.26. The van der Waals surface area contributed by atoms with Gasteiger partial charge in [-0.2, -0.15) is 5.10 Å². The number of carbonyl (C=O) groups excluding carboxylic acids is 1. The minimum absolute atomic E-state index is 0.0528. The fourth-order valence-electron chi connectivity index (χ4n) is 4.34. The van der Waals surface area contributed by atoms with Crippen LogP contribution in [-0.4, -0.2) is 64.8 Å². The van der Waals surface area contributed by atoms with Crippen molar-refractivity contribution in [3.8, 4) is 0 Å². The Morgan fingerprint density at radius 3 is 2.69 bits per heavy atom. The molecule has 2 saturated heterocycles. The Labute approximate surface area is 172 Å². The maximum atomic E-state index is 12.8. The van der Waals surface area contributed by atoms with Gasteiger partial charge in [0.2, 0.25) is 0 Å². The molecule has 0 saturated carbocycles. The highest BCUT2D eigenvalue weighted by molar-refractivity contribution is 5.99. The van der Waals surface area contributed by atoms with E-state index in [-0.39, 0.29) is 11.8 Å². The Hall–Kier alpha value is -1.99. The van der Waals surface area contributed by atoms with Gasteiger partial charge in [0.05, 0.1) is 5.56 Å². The molecule has 0 atom stereocenters. The molecule has 1 N–H and O–H groups in total. The quantitative estimate of drug-likeness (QED) is 0.809. The molecule has 1 amide bonds. The number of nitrogens with one attached hydrogen (secondary N) is 1. The fourth-order valence-corrected chi connectivity index (χ4v) is 4.34. The lowest BCUT2D eigenvalue weighted by Gasteiger charge is -2.35. The van der Waals surface area contributed by atoms with Gasteiger partial charge in [-0.1, -0.05) is 13.8 Å². The van der Waals surface area contributed by atoms with E-state index in [1.807, 2.05) is 18.3 Å². The number of nitrogens with zero attached hydrogens (tertiary/aromatic N) is 4. The first-order chi connectivity index (χ1) is 14.1. The number of carbonyl (C=O) groups is 1. The number of piperidine rings is 1. The largest absolute Gasteiger partial charge is 0.381 e. The predicted molar refractivity (Wildman–Crippen MR) is 112 cm³/mol. The highest BCUT2D eigenvalue weighted by Gasteiger charge is 2.24. The van der Waals surface area contributed by atoms with Crippen LogP contribution in [0.1, 0.15) is 61.6 Å². The predicted octanol–water partition coefficient (Wildman–Crippen LogP) is 2.72. The lowest BCUT2D eigenvalue weighted by Crippen LogP contribution is -2.41. The molecular formula is C22H33N5O2. The van der Waals surface area contributed by atoms with E-state index in [1.54, 1.807) is 4.52 Å². The highest BCUT2D eigenvalue weighted by atomic mass is 16.5. The second-order valence-corrected chi connectivity index (χ2v) is 8.82. The summed E-state index contributed by atoms with van der Waals surface area (Å²) >= 11 is 0. The fraction of sp³-hybridized carbons (Fsp3) is 0.682. The standard InChI is InChI=1S/C22H33N5O2/c1-16(2)20-24-21-19(4-3-9-27(21)25-20)22(28)23-14-17-5-10-26(11-6-17)15-18-7-12-29-13-8-18/h3-4,9,16-18H,5-8,10-15H2,1-2H3,(H,23,28). The molecule has 2 aromatic heterocycles. The molecule has 7 heteroatoms. The molecule has 0 unspecified atom stereocenters. The molecule has 4 rings (SSSR count). The Morgan fingerprint density at radius 1 is 1.21 bits per heavy atom. The van der Waals surface area contributed by atoms with E-state index in [9.17, 15) is 4.79 Å². The van der Waals surface area contributed by atoms with Gasteiger partial charge in [-0.3, -0.25) is 4.79 Å². The van der Waals surface area contributed by atoms with Crippen molar-refractivity contribution < 1.29 is 9.53 Å². The summed E-state index contributed by atoms with van der Waals surface area (Å²) in [6.07, 6.45) is 6.54. The Balaban J connectivity index is 1.28. The van der Waals surface area contributed by atoms with Gasteiger partial charge in [0, 0.05) is 38.4 Å². The Morgan fingerprint density at radius 2 is 1.97 bits per heavy atom. The van der Waals surface area contributed by atoms with Gasteiger partial charge >= 0.3 is 0 Å². The minimum Gasteiger partial charge on any atom is -0.381 e. The molecule has 0 spiro atoms. The van der Waals surface area contributed by atoms with Crippen LogP contribution in [0.25, 0.3) is 5.65 Å². The number of ether oxygens (including phenoxy) is 1. The highest BCUT2D eigenvalue weighted by Crippen LogP contribution is 2.22. The van der Waals surface area contributed by atoms with Crippen LogP contribution in [0.3, 0.4) is 0 Å². The zero-order chi connectivity index (χ0) is 20.2. The van der Waals surface area contributed by atoms with Gasteiger partial charge in [0.1, 0.15) is 0 Å². The lowest BCUT2D eigenvalue weighted by molar-refractivity contribution is 0.0467. The van der Waals surface area contributed by atoms with Crippen LogP contribution in [0.2, 0.25) is 0 Å². The van der Waals surface area contributed by atoms with Gasteiger partial charge in [-0.25, -0.2) is 9.50 Å². The van der Waals surface area contributed by atoms with E-state index in [4.69, 9.17) is 4.74 Å². The van der Waals surface area contributed by atoms with Crippen LogP contribution in [0.15, 0.2) is 18.3 Å². The summed E-state index contributed by atoms with van der Waals surface area (Å²) < 4.78 is 7.18. The van der Waals surface area contributed by atoms with Crippen LogP contribution in [-0.2, 0) is 4.74 Å². The third-order valence-corrected chi connectivity index (χ3v) is 6.26. The van der Waals surface area contributed by atoms with Crippen molar-refractivity contribution in [3.05, 3.63) is 29.7 Å². The summed E-state index contributed by atoms with van der Waals surface area (Å²) in [7, 11) is 0. The van der Waals surface area contributed by atoms with Crippen LogP contribution in [0, 0.1) is 11.8 Å². The van der Waals surface area contributed by atoms with Crippen LogP contribution in [0.4, 0.5) is 0 Å². The molecule has 2 aliphatic rings. The molecule has 29 heavy (non-hydrogen) atoms. The van der Waals surface area contributed by atoms with Crippen molar-refractivity contribution in [1.82, 2.24) is 24.8 Å². The van der Waals surface area contributed by atoms with E-state index in [1.165, 1.54) is 19.4 Å². The summed E-state index contributed by atoms with van der Waals surface area (Å²) in [6.45, 7) is 10.2. The summed E-state index contributed by atoms with van der Waals surface area (Å²) in [6, 6.07) is 3.69. The molecule has 0 radical (unpaired) electrons. The molecule has 4 heterocycles. The zero-order valence-electron chi connectivity index (χ0n) is 17.6. The van der Waals surface area contributed by atoms with E-state index in [0.717, 1.165) is 57.4 Å². The normalized spacial score (nSPS) is 19.8. The van der Waals surface area contributed by atoms with Gasteiger partial charge < -0.3 is 15.0 Å². The number of rotatable bonds is 6. The summed E-state index contributed by atoms with van der Waals surface area (Å²) in [5.41, 5.74) is 1.24. The average molecular weight is 400 g/mol. The first-order valence-electron chi connectivity index (χ1n) is 11.0. The van der Waals surface area contributed by atoms with Gasteiger partial charge in [-0.05, 0) is 62.7 Å². The van der Waals surface area contributed by atoms with Crippen LogP contribution < -0.4 is 5.32 Å². The number of aromatic nitrogens is 3. The van der Waals surface area contributed by atoms with E-state index < -0.39 is 0 Å². The molecule has 7 nitrogen and oxygen atoms in total. The van der Waals surface area contributed by atoms with Crippen molar-refractivity contribution in [2.75, 3.05) is 39.4 Å². The molecule has 0 aliphatic carbocycles. The Kier molecular flexibility index (Phi) is 6.45. The smallest absolute Gasteiger partial charge is 0.255 e. The average Bonchev–Trinajstić information content (AvgIpc) is 3.19. The van der Waals surface area contributed by atoms with E-state index in [2.05, 4.69) is 34.1 Å². The van der Waals surface area contributed by atoms with E-state index >= 15 is 0 Å². The van der Waals surface area contributed by atoms with Crippen LogP contribution in [0.5, 0.6) is 0 Å². The first kappa shape index (κ1) is 20.3. The number of likely N-dealkylation sites (tertiary alicyclic amines) is 1. The maximum absolute atomic E-state index is 12.8. The van der Waals surface area contributed by atoms with Gasteiger partial charge in [0.25, 0.3) is 5.91 Å². The zero-order valence-corrected chi connectivity index (χ0v) is 17.6. The molecule has 2 fully saturated rings. The topological polar surface area (TPSA) is 71.8 Å². The van der Waals surface area contributed by atoms with Gasteiger partial charge in [-0.15, -0.1) is 0 Å². The second-order valence-electron chi connectivity index (χ2n) is 8.82. The molecule has 0 bridgehead atoms. The monoisotopic (exact) mass is 399 g/mol. The lowest BCUT2D eigenvalue weighted by atomic mass is 9.94. The van der Waals surface area contributed by atoms with Crippen molar-refractivity contribution in [2.24, 2.45) is 11.8 Å². The van der Waals surface area contributed by atoms with Crippen molar-refractivity contribution in [3.63, 3.8) is 0 Å². The van der Waals surface area contributed by atoms with Gasteiger partial charge in [0.15, 0.2) is 11.5 Å². The molecule has 0 aromatic carbocycles. The first-order valence-corrected chi connectivity index (χ1v) is 11.0. The third kappa shape index (κ3) is 4.95. The molecule has 158 valence electrons.